The molecule has 1 unspecified atom stereocenters. The standard InChI is InChI=1S/C13H24N2O3/c1-9(2)12(13(17)18-3)15-11(16)7-10-5-4-6-14-8-10/h9-10,12,14H,4-8H2,1-3H3,(H,15,16)/t10?,12-/m0/s1. The minimum absolute atomic E-state index is 0.0332. The van der Waals surface area contributed by atoms with E-state index >= 15 is 0 Å². The Kier molecular flexibility index (Phi) is 6.12. The molecule has 1 aliphatic heterocycles. The average Bonchev–Trinajstić information content (AvgIpc) is 2.36. The summed E-state index contributed by atoms with van der Waals surface area (Å²) in [4.78, 5) is 23.4. The zero-order valence-electron chi connectivity index (χ0n) is 11.5. The van der Waals surface area contributed by atoms with Crippen molar-refractivity contribution >= 4 is 11.9 Å². The number of piperidine rings is 1. The van der Waals surface area contributed by atoms with Crippen LogP contribution in [0.1, 0.15) is 33.1 Å². The first-order valence-corrected chi connectivity index (χ1v) is 6.62. The Hall–Kier alpha value is -1.10. The van der Waals surface area contributed by atoms with Gasteiger partial charge in [-0.25, -0.2) is 4.79 Å². The minimum atomic E-state index is -0.543. The maximum atomic E-state index is 11.9. The molecule has 1 fully saturated rings. The van der Waals surface area contributed by atoms with Crippen molar-refractivity contribution in [1.82, 2.24) is 10.6 Å². The Morgan fingerprint density at radius 1 is 1.44 bits per heavy atom. The summed E-state index contributed by atoms with van der Waals surface area (Å²) in [7, 11) is 1.34. The van der Waals surface area contributed by atoms with Crippen LogP contribution in [-0.2, 0) is 14.3 Å². The number of methoxy groups -OCH3 is 1. The predicted octanol–water partition coefficient (Wildman–Crippen LogP) is 0.690. The first kappa shape index (κ1) is 15.0. The fraction of sp³-hybridized carbons (Fsp3) is 0.846. The van der Waals surface area contributed by atoms with Gasteiger partial charge in [0, 0.05) is 6.42 Å². The normalized spacial score (nSPS) is 21.4. The largest absolute Gasteiger partial charge is 0.467 e. The molecule has 0 aliphatic carbocycles. The van der Waals surface area contributed by atoms with Crippen molar-refractivity contribution < 1.29 is 14.3 Å². The predicted molar refractivity (Wildman–Crippen MR) is 69.0 cm³/mol. The number of hydrogen-bond donors (Lipinski definition) is 2. The number of amides is 1. The second-order valence-corrected chi connectivity index (χ2v) is 5.23. The van der Waals surface area contributed by atoms with Crippen molar-refractivity contribution in [3.8, 4) is 0 Å². The lowest BCUT2D eigenvalue weighted by molar-refractivity contribution is -0.146. The average molecular weight is 256 g/mol. The van der Waals surface area contributed by atoms with Crippen LogP contribution < -0.4 is 10.6 Å². The molecule has 0 saturated carbocycles. The van der Waals surface area contributed by atoms with E-state index in [4.69, 9.17) is 4.74 Å². The molecule has 5 nitrogen and oxygen atoms in total. The molecular formula is C13H24N2O3. The molecule has 0 aromatic carbocycles. The minimum Gasteiger partial charge on any atom is -0.467 e. The highest BCUT2D eigenvalue weighted by Gasteiger charge is 2.26. The summed E-state index contributed by atoms with van der Waals surface area (Å²) in [6, 6.07) is -0.543. The topological polar surface area (TPSA) is 67.4 Å². The third-order valence-corrected chi connectivity index (χ3v) is 3.31. The van der Waals surface area contributed by atoms with Gasteiger partial charge in [-0.1, -0.05) is 13.8 Å². The molecule has 0 aromatic rings. The summed E-state index contributed by atoms with van der Waals surface area (Å²) in [5.41, 5.74) is 0. The van der Waals surface area contributed by atoms with Gasteiger partial charge in [-0.15, -0.1) is 0 Å². The van der Waals surface area contributed by atoms with E-state index in [-0.39, 0.29) is 17.8 Å². The molecule has 0 spiro atoms. The Balaban J connectivity index is 2.42. The Morgan fingerprint density at radius 2 is 2.17 bits per heavy atom. The quantitative estimate of drug-likeness (QED) is 0.710. The van der Waals surface area contributed by atoms with Crippen molar-refractivity contribution in [2.24, 2.45) is 11.8 Å². The van der Waals surface area contributed by atoms with Crippen molar-refractivity contribution in [3.63, 3.8) is 0 Å². The zero-order valence-corrected chi connectivity index (χ0v) is 11.5. The molecule has 0 radical (unpaired) electrons. The van der Waals surface area contributed by atoms with E-state index < -0.39 is 6.04 Å². The molecule has 1 heterocycles. The lowest BCUT2D eigenvalue weighted by Crippen LogP contribution is -2.46. The van der Waals surface area contributed by atoms with Crippen molar-refractivity contribution in [1.29, 1.82) is 0 Å². The summed E-state index contributed by atoms with van der Waals surface area (Å²) in [5.74, 6) is -0.0250. The third kappa shape index (κ3) is 4.64. The number of ether oxygens (including phenoxy) is 1. The van der Waals surface area contributed by atoms with Gasteiger partial charge in [0.2, 0.25) is 5.91 Å². The van der Waals surface area contributed by atoms with Crippen LogP contribution in [0.2, 0.25) is 0 Å². The highest BCUT2D eigenvalue weighted by Crippen LogP contribution is 2.14. The van der Waals surface area contributed by atoms with E-state index in [2.05, 4.69) is 10.6 Å². The highest BCUT2D eigenvalue weighted by molar-refractivity contribution is 5.84. The van der Waals surface area contributed by atoms with Gasteiger partial charge in [0.05, 0.1) is 7.11 Å². The van der Waals surface area contributed by atoms with Gasteiger partial charge in [-0.2, -0.15) is 0 Å². The lowest BCUT2D eigenvalue weighted by atomic mass is 9.95. The highest BCUT2D eigenvalue weighted by atomic mass is 16.5. The number of carbonyl (C=O) groups excluding carboxylic acids is 2. The lowest BCUT2D eigenvalue weighted by Gasteiger charge is -2.24. The van der Waals surface area contributed by atoms with Gasteiger partial charge in [0.1, 0.15) is 6.04 Å². The van der Waals surface area contributed by atoms with Crippen LogP contribution in [0.25, 0.3) is 0 Å². The van der Waals surface area contributed by atoms with Gasteiger partial charge in [0.25, 0.3) is 0 Å². The van der Waals surface area contributed by atoms with E-state index in [0.717, 1.165) is 25.9 Å². The van der Waals surface area contributed by atoms with Gasteiger partial charge < -0.3 is 15.4 Å². The Labute approximate surface area is 109 Å². The molecule has 1 rings (SSSR count). The van der Waals surface area contributed by atoms with E-state index in [9.17, 15) is 9.59 Å². The Morgan fingerprint density at radius 3 is 2.67 bits per heavy atom. The van der Waals surface area contributed by atoms with Crippen molar-refractivity contribution in [3.05, 3.63) is 0 Å². The van der Waals surface area contributed by atoms with Crippen LogP contribution in [-0.4, -0.2) is 38.1 Å². The first-order valence-electron chi connectivity index (χ1n) is 6.62. The molecule has 1 saturated heterocycles. The number of esters is 1. The third-order valence-electron chi connectivity index (χ3n) is 3.31. The second-order valence-electron chi connectivity index (χ2n) is 5.23. The van der Waals surface area contributed by atoms with Gasteiger partial charge in [0.15, 0.2) is 0 Å². The van der Waals surface area contributed by atoms with E-state index in [0.29, 0.717) is 12.3 Å². The van der Waals surface area contributed by atoms with Crippen LogP contribution in [0.15, 0.2) is 0 Å². The fourth-order valence-electron chi connectivity index (χ4n) is 2.22. The summed E-state index contributed by atoms with van der Waals surface area (Å²) >= 11 is 0. The molecule has 2 N–H and O–H groups in total. The van der Waals surface area contributed by atoms with E-state index in [1.54, 1.807) is 0 Å². The maximum Gasteiger partial charge on any atom is 0.328 e. The van der Waals surface area contributed by atoms with Crippen molar-refractivity contribution in [2.75, 3.05) is 20.2 Å². The monoisotopic (exact) mass is 256 g/mol. The number of nitrogens with one attached hydrogen (secondary N) is 2. The molecule has 0 aromatic heterocycles. The van der Waals surface area contributed by atoms with Gasteiger partial charge in [-0.3, -0.25) is 4.79 Å². The maximum absolute atomic E-state index is 11.9. The van der Waals surface area contributed by atoms with Crippen LogP contribution in [0, 0.1) is 11.8 Å². The van der Waals surface area contributed by atoms with Crippen LogP contribution in [0.3, 0.4) is 0 Å². The molecule has 104 valence electrons. The van der Waals surface area contributed by atoms with E-state index in [1.807, 2.05) is 13.8 Å². The molecule has 1 amide bonds. The van der Waals surface area contributed by atoms with Crippen LogP contribution in [0.5, 0.6) is 0 Å². The molecule has 18 heavy (non-hydrogen) atoms. The fourth-order valence-corrected chi connectivity index (χ4v) is 2.22. The number of carbonyl (C=O) groups is 2. The summed E-state index contributed by atoms with van der Waals surface area (Å²) in [6.45, 7) is 5.71. The van der Waals surface area contributed by atoms with Gasteiger partial charge >= 0.3 is 5.97 Å². The van der Waals surface area contributed by atoms with Crippen LogP contribution >= 0.6 is 0 Å². The zero-order chi connectivity index (χ0) is 13.5. The summed E-state index contributed by atoms with van der Waals surface area (Å²) in [6.07, 6.45) is 2.67. The molecule has 0 bridgehead atoms. The first-order chi connectivity index (χ1) is 8.54. The molecule has 2 atom stereocenters. The smallest absolute Gasteiger partial charge is 0.328 e. The second kappa shape index (κ2) is 7.36. The van der Waals surface area contributed by atoms with Crippen molar-refractivity contribution in [2.45, 2.75) is 39.2 Å². The van der Waals surface area contributed by atoms with Crippen LogP contribution in [0.4, 0.5) is 0 Å². The Bertz CT molecular complexity index is 286. The SMILES string of the molecule is COC(=O)[C@@H](NC(=O)CC1CCCNC1)C(C)C. The van der Waals surface area contributed by atoms with Gasteiger partial charge in [-0.05, 0) is 37.8 Å². The van der Waals surface area contributed by atoms with E-state index in [1.165, 1.54) is 7.11 Å². The molecule has 1 aliphatic rings. The number of hydrogen-bond acceptors (Lipinski definition) is 4. The molecular weight excluding hydrogens is 232 g/mol. The number of rotatable bonds is 5. The molecule has 5 heteroatoms. The summed E-state index contributed by atoms with van der Waals surface area (Å²) in [5, 5.41) is 6.05. The summed E-state index contributed by atoms with van der Waals surface area (Å²) < 4.78 is 4.70.